The SMILES string of the molecule is CN1CCC(c2ccc(Nc3nc(N4CCCC(NC(=O)c5ccc(N6CCCCC6)cc5)C4)nn4ccnc34)cc2)CC1. The topological polar surface area (TPSA) is 93.9 Å². The Labute approximate surface area is 259 Å². The normalized spacial score (nSPS) is 20.2. The summed E-state index contributed by atoms with van der Waals surface area (Å²) in [5.74, 6) is 1.90. The number of fused-ring (bicyclic) bond motifs is 1. The Hall–Kier alpha value is -4.18. The maximum absolute atomic E-state index is 13.2. The molecule has 3 saturated heterocycles. The van der Waals surface area contributed by atoms with Crippen molar-refractivity contribution < 1.29 is 4.79 Å². The van der Waals surface area contributed by atoms with Gasteiger partial charge in [-0.05, 0) is 113 Å². The average molecular weight is 594 g/mol. The number of carbonyl (C=O) groups excluding carboxylic acids is 1. The number of hydrogen-bond donors (Lipinski definition) is 2. The number of anilines is 4. The van der Waals surface area contributed by atoms with Gasteiger partial charge in [0.1, 0.15) is 0 Å². The van der Waals surface area contributed by atoms with Gasteiger partial charge in [0, 0.05) is 61.6 Å². The van der Waals surface area contributed by atoms with Gasteiger partial charge in [-0.3, -0.25) is 4.79 Å². The van der Waals surface area contributed by atoms with E-state index in [4.69, 9.17) is 10.1 Å². The number of rotatable bonds is 7. The highest BCUT2D eigenvalue weighted by molar-refractivity contribution is 5.94. The highest BCUT2D eigenvalue weighted by atomic mass is 16.1. The number of hydrogen-bond acceptors (Lipinski definition) is 8. The van der Waals surface area contributed by atoms with E-state index in [0.717, 1.165) is 51.3 Å². The number of nitrogens with one attached hydrogen (secondary N) is 2. The summed E-state index contributed by atoms with van der Waals surface area (Å²) in [7, 11) is 2.20. The quantitative estimate of drug-likeness (QED) is 0.307. The van der Waals surface area contributed by atoms with E-state index in [1.807, 2.05) is 18.3 Å². The summed E-state index contributed by atoms with van der Waals surface area (Å²) in [4.78, 5) is 29.6. The van der Waals surface area contributed by atoms with Gasteiger partial charge in [0.2, 0.25) is 5.95 Å². The van der Waals surface area contributed by atoms with E-state index >= 15 is 0 Å². The first-order valence-electron chi connectivity index (χ1n) is 16.3. The Kier molecular flexibility index (Phi) is 8.33. The fourth-order valence-electron chi connectivity index (χ4n) is 6.87. The van der Waals surface area contributed by atoms with E-state index in [-0.39, 0.29) is 11.9 Å². The number of likely N-dealkylation sites (tertiary alicyclic amines) is 1. The lowest BCUT2D eigenvalue weighted by molar-refractivity contribution is 0.0933. The lowest BCUT2D eigenvalue weighted by atomic mass is 9.89. The number of carbonyl (C=O) groups is 1. The molecule has 1 unspecified atom stereocenters. The van der Waals surface area contributed by atoms with Crippen LogP contribution in [0, 0.1) is 0 Å². The second-order valence-corrected chi connectivity index (χ2v) is 12.6. The van der Waals surface area contributed by atoms with Gasteiger partial charge >= 0.3 is 0 Å². The molecule has 2 aromatic heterocycles. The minimum Gasteiger partial charge on any atom is -0.372 e. The predicted octanol–water partition coefficient (Wildman–Crippen LogP) is 5.07. The number of aromatic nitrogens is 4. The molecule has 0 aliphatic carbocycles. The molecule has 3 aliphatic heterocycles. The van der Waals surface area contributed by atoms with Gasteiger partial charge in [-0.2, -0.15) is 4.98 Å². The van der Waals surface area contributed by atoms with Gasteiger partial charge in [0.05, 0.1) is 0 Å². The molecule has 4 aromatic rings. The third-order valence-corrected chi connectivity index (χ3v) is 9.50. The van der Waals surface area contributed by atoms with Crippen molar-refractivity contribution >= 4 is 34.7 Å². The Morgan fingerprint density at radius 3 is 2.36 bits per heavy atom. The summed E-state index contributed by atoms with van der Waals surface area (Å²) >= 11 is 0. The van der Waals surface area contributed by atoms with Crippen molar-refractivity contribution in [2.45, 2.75) is 56.9 Å². The lowest BCUT2D eigenvalue weighted by Crippen LogP contribution is -2.48. The Morgan fingerprint density at radius 2 is 1.59 bits per heavy atom. The third-order valence-electron chi connectivity index (χ3n) is 9.50. The molecule has 2 aromatic carbocycles. The van der Waals surface area contributed by atoms with Crippen molar-refractivity contribution in [2.75, 3.05) is 61.4 Å². The van der Waals surface area contributed by atoms with Crippen LogP contribution in [0.5, 0.6) is 0 Å². The van der Waals surface area contributed by atoms with Crippen LogP contribution >= 0.6 is 0 Å². The molecule has 44 heavy (non-hydrogen) atoms. The molecule has 3 fully saturated rings. The summed E-state index contributed by atoms with van der Waals surface area (Å²) in [6, 6.07) is 16.8. The van der Waals surface area contributed by atoms with Crippen molar-refractivity contribution in [3.05, 3.63) is 72.1 Å². The van der Waals surface area contributed by atoms with Crippen molar-refractivity contribution in [3.8, 4) is 0 Å². The number of imidazole rings is 1. The van der Waals surface area contributed by atoms with Crippen LogP contribution in [0.15, 0.2) is 60.9 Å². The van der Waals surface area contributed by atoms with Crippen LogP contribution in [0.2, 0.25) is 0 Å². The molecule has 3 aliphatic rings. The molecule has 0 radical (unpaired) electrons. The second kappa shape index (κ2) is 12.8. The van der Waals surface area contributed by atoms with Gasteiger partial charge in [-0.1, -0.05) is 12.1 Å². The van der Waals surface area contributed by atoms with E-state index in [0.29, 0.717) is 35.4 Å². The third kappa shape index (κ3) is 6.36. The predicted molar refractivity (Wildman–Crippen MR) is 175 cm³/mol. The van der Waals surface area contributed by atoms with E-state index in [9.17, 15) is 4.79 Å². The van der Waals surface area contributed by atoms with Crippen LogP contribution in [0.4, 0.5) is 23.1 Å². The summed E-state index contributed by atoms with van der Waals surface area (Å²) in [5, 5.41) is 11.5. The Balaban J connectivity index is 1.02. The minimum atomic E-state index is -0.0286. The molecule has 230 valence electrons. The number of piperidine rings is 3. The molecule has 0 spiro atoms. The van der Waals surface area contributed by atoms with Crippen LogP contribution in [0.25, 0.3) is 5.65 Å². The summed E-state index contributed by atoms with van der Waals surface area (Å²) < 4.78 is 1.78. The summed E-state index contributed by atoms with van der Waals surface area (Å²) in [5.41, 5.74) is 4.97. The van der Waals surface area contributed by atoms with E-state index in [2.05, 4.69) is 73.8 Å². The monoisotopic (exact) mass is 593 g/mol. The minimum absolute atomic E-state index is 0.0173. The number of benzene rings is 2. The standard InChI is InChI=1S/C34H43N9O/c1-40-21-15-26(16-22-40)25-7-11-28(12-8-25)36-31-32-35-17-23-43(32)39-34(38-31)42-20-5-6-29(24-42)37-33(44)27-9-13-30(14-10-27)41-18-3-2-4-19-41/h7-14,17,23,26,29H,2-6,15-16,18-22,24H2,1H3,(H,37,44)(H,36,38,39). The second-order valence-electron chi connectivity index (χ2n) is 12.6. The summed E-state index contributed by atoms with van der Waals surface area (Å²) in [6.45, 7) is 5.99. The zero-order valence-corrected chi connectivity index (χ0v) is 25.7. The summed E-state index contributed by atoms with van der Waals surface area (Å²) in [6.07, 6.45) is 11.7. The zero-order valence-electron chi connectivity index (χ0n) is 25.7. The fourth-order valence-corrected chi connectivity index (χ4v) is 6.87. The first kappa shape index (κ1) is 28.6. The number of nitrogens with zero attached hydrogens (tertiary/aromatic N) is 7. The highest BCUT2D eigenvalue weighted by Gasteiger charge is 2.25. The molecule has 0 saturated carbocycles. The fraction of sp³-hybridized carbons (Fsp3) is 0.471. The molecule has 10 heteroatoms. The van der Waals surface area contributed by atoms with Crippen LogP contribution < -0.4 is 20.4 Å². The first-order chi connectivity index (χ1) is 21.6. The number of amides is 1. The van der Waals surface area contributed by atoms with E-state index in [1.54, 1.807) is 10.7 Å². The molecule has 0 bridgehead atoms. The molecule has 2 N–H and O–H groups in total. The van der Waals surface area contributed by atoms with Crippen LogP contribution in [0.3, 0.4) is 0 Å². The molecule has 1 amide bonds. The van der Waals surface area contributed by atoms with Gasteiger partial charge in [0.25, 0.3) is 5.91 Å². The van der Waals surface area contributed by atoms with Crippen molar-refractivity contribution in [3.63, 3.8) is 0 Å². The van der Waals surface area contributed by atoms with Gasteiger partial charge < -0.3 is 25.3 Å². The zero-order chi connectivity index (χ0) is 29.9. The largest absolute Gasteiger partial charge is 0.372 e. The lowest BCUT2D eigenvalue weighted by Gasteiger charge is -2.33. The molecule has 1 atom stereocenters. The van der Waals surface area contributed by atoms with Gasteiger partial charge in [0.15, 0.2) is 11.5 Å². The van der Waals surface area contributed by atoms with Gasteiger partial charge in [-0.25, -0.2) is 9.50 Å². The van der Waals surface area contributed by atoms with Crippen molar-refractivity contribution in [1.82, 2.24) is 29.8 Å². The maximum atomic E-state index is 13.2. The van der Waals surface area contributed by atoms with E-state index < -0.39 is 0 Å². The Bertz CT molecular complexity index is 1550. The van der Waals surface area contributed by atoms with E-state index in [1.165, 1.54) is 43.4 Å². The molecule has 5 heterocycles. The van der Waals surface area contributed by atoms with Gasteiger partial charge in [-0.15, -0.1) is 5.10 Å². The molecule has 7 rings (SSSR count). The molecular weight excluding hydrogens is 550 g/mol. The van der Waals surface area contributed by atoms with Crippen LogP contribution in [-0.4, -0.2) is 82.7 Å². The van der Waals surface area contributed by atoms with Crippen LogP contribution in [-0.2, 0) is 0 Å². The highest BCUT2D eigenvalue weighted by Crippen LogP contribution is 2.30. The molecular formula is C34H43N9O. The molecule has 10 nitrogen and oxygen atoms in total. The van der Waals surface area contributed by atoms with Crippen LogP contribution in [0.1, 0.15) is 66.8 Å². The van der Waals surface area contributed by atoms with Crippen molar-refractivity contribution in [2.24, 2.45) is 0 Å². The van der Waals surface area contributed by atoms with Crippen molar-refractivity contribution in [1.29, 1.82) is 0 Å². The first-order valence-corrected chi connectivity index (χ1v) is 16.3. The maximum Gasteiger partial charge on any atom is 0.251 e. The Morgan fingerprint density at radius 1 is 0.841 bits per heavy atom. The smallest absolute Gasteiger partial charge is 0.251 e. The average Bonchev–Trinajstić information content (AvgIpc) is 3.56.